The SMILES string of the molecule is Cc1cc(C(=O)N2CCCCC2CCn2cc(C(=O)N(C)C)nn2)n[nH]1. The number of carbonyl (C=O) groups is 2. The number of carbonyl (C=O) groups excluding carboxylic acids is 2. The molecule has 0 aromatic carbocycles. The quantitative estimate of drug-likeness (QED) is 0.861. The fraction of sp³-hybridized carbons (Fsp3) is 0.588. The topological polar surface area (TPSA) is 100 Å². The summed E-state index contributed by atoms with van der Waals surface area (Å²) in [7, 11) is 3.37. The molecule has 1 fully saturated rings. The minimum absolute atomic E-state index is 0.0267. The van der Waals surface area contributed by atoms with Crippen LogP contribution in [0.4, 0.5) is 0 Å². The summed E-state index contributed by atoms with van der Waals surface area (Å²) in [6, 6.07) is 1.93. The summed E-state index contributed by atoms with van der Waals surface area (Å²) < 4.78 is 1.67. The van der Waals surface area contributed by atoms with Crippen LogP contribution in [0.15, 0.2) is 12.3 Å². The van der Waals surface area contributed by atoms with Crippen LogP contribution in [0.5, 0.6) is 0 Å². The number of hydrogen-bond acceptors (Lipinski definition) is 5. The Hall–Kier alpha value is -2.71. The molecule has 1 unspecified atom stereocenters. The van der Waals surface area contributed by atoms with Crippen molar-refractivity contribution in [2.24, 2.45) is 0 Å². The standard InChI is InChI=1S/C17H25N7O2/c1-12-10-14(19-18-12)17(26)24-8-5-4-6-13(24)7-9-23-11-15(20-21-23)16(25)22(2)3/h10-11,13H,4-9H2,1-3H3,(H,18,19). The third-order valence-electron chi connectivity index (χ3n) is 4.67. The molecule has 2 amide bonds. The van der Waals surface area contributed by atoms with Gasteiger partial charge in [0.2, 0.25) is 0 Å². The van der Waals surface area contributed by atoms with Crippen LogP contribution in [0, 0.1) is 6.92 Å². The molecule has 9 nitrogen and oxygen atoms in total. The van der Waals surface area contributed by atoms with Crippen molar-refractivity contribution in [3.8, 4) is 0 Å². The lowest BCUT2D eigenvalue weighted by molar-refractivity contribution is 0.0587. The van der Waals surface area contributed by atoms with Crippen molar-refractivity contribution in [1.82, 2.24) is 35.0 Å². The number of aromatic nitrogens is 5. The summed E-state index contributed by atoms with van der Waals surface area (Å²) in [6.07, 6.45) is 5.52. The second-order valence-corrected chi connectivity index (χ2v) is 6.94. The Bertz CT molecular complexity index is 780. The lowest BCUT2D eigenvalue weighted by Crippen LogP contribution is -2.44. The molecule has 9 heteroatoms. The van der Waals surface area contributed by atoms with Gasteiger partial charge in [0.1, 0.15) is 5.69 Å². The summed E-state index contributed by atoms with van der Waals surface area (Å²) in [5, 5.41) is 14.9. The Kier molecular flexibility index (Phi) is 5.34. The van der Waals surface area contributed by atoms with Crippen molar-refractivity contribution in [3.05, 3.63) is 29.3 Å². The van der Waals surface area contributed by atoms with Gasteiger partial charge in [-0.15, -0.1) is 5.10 Å². The van der Waals surface area contributed by atoms with Crippen LogP contribution in [0.1, 0.15) is 52.4 Å². The van der Waals surface area contributed by atoms with Gasteiger partial charge in [-0.3, -0.25) is 19.4 Å². The van der Waals surface area contributed by atoms with E-state index in [0.717, 1.165) is 37.9 Å². The molecule has 26 heavy (non-hydrogen) atoms. The molecule has 2 aromatic heterocycles. The highest BCUT2D eigenvalue weighted by atomic mass is 16.2. The zero-order valence-corrected chi connectivity index (χ0v) is 15.5. The van der Waals surface area contributed by atoms with E-state index in [9.17, 15) is 9.59 Å². The highest BCUT2D eigenvalue weighted by molar-refractivity contribution is 5.92. The number of H-pyrrole nitrogens is 1. The van der Waals surface area contributed by atoms with E-state index in [0.29, 0.717) is 17.9 Å². The van der Waals surface area contributed by atoms with Crippen LogP contribution in [0.25, 0.3) is 0 Å². The summed E-state index contributed by atoms with van der Waals surface area (Å²) in [6.45, 7) is 3.24. The van der Waals surface area contributed by atoms with E-state index in [2.05, 4.69) is 20.5 Å². The van der Waals surface area contributed by atoms with Crippen LogP contribution < -0.4 is 0 Å². The van der Waals surface area contributed by atoms with Gasteiger partial charge in [0.15, 0.2) is 5.69 Å². The van der Waals surface area contributed by atoms with Crippen LogP contribution in [0.3, 0.4) is 0 Å². The highest BCUT2D eigenvalue weighted by Crippen LogP contribution is 2.22. The summed E-state index contributed by atoms with van der Waals surface area (Å²) in [4.78, 5) is 28.1. The lowest BCUT2D eigenvalue weighted by atomic mass is 9.99. The molecular formula is C17H25N7O2. The molecule has 1 atom stereocenters. The number of hydrogen-bond donors (Lipinski definition) is 1. The molecule has 3 heterocycles. The number of aryl methyl sites for hydroxylation is 2. The predicted octanol–water partition coefficient (Wildman–Crippen LogP) is 1.10. The summed E-state index contributed by atoms with van der Waals surface area (Å²) in [5.41, 5.74) is 1.68. The van der Waals surface area contributed by atoms with E-state index in [1.165, 1.54) is 4.90 Å². The molecule has 0 bridgehead atoms. The molecule has 1 saturated heterocycles. The average Bonchev–Trinajstić information content (AvgIpc) is 3.28. The largest absolute Gasteiger partial charge is 0.343 e. The van der Waals surface area contributed by atoms with E-state index < -0.39 is 0 Å². The van der Waals surface area contributed by atoms with Crippen molar-refractivity contribution >= 4 is 11.8 Å². The maximum absolute atomic E-state index is 12.8. The first-order valence-electron chi connectivity index (χ1n) is 8.90. The fourth-order valence-corrected chi connectivity index (χ4v) is 3.26. The second kappa shape index (κ2) is 7.67. The minimum atomic E-state index is -0.167. The first-order valence-corrected chi connectivity index (χ1v) is 8.90. The number of amides is 2. The number of nitrogens with zero attached hydrogens (tertiary/aromatic N) is 6. The normalized spacial score (nSPS) is 17.3. The number of aromatic amines is 1. The number of piperidine rings is 1. The summed E-state index contributed by atoms with van der Waals surface area (Å²) in [5.74, 6) is -0.194. The van der Waals surface area contributed by atoms with Gasteiger partial charge in [-0.1, -0.05) is 5.21 Å². The Morgan fingerprint density at radius 3 is 2.81 bits per heavy atom. The Balaban J connectivity index is 1.64. The zero-order chi connectivity index (χ0) is 18.7. The van der Waals surface area contributed by atoms with E-state index in [1.54, 1.807) is 31.0 Å². The Labute approximate surface area is 152 Å². The highest BCUT2D eigenvalue weighted by Gasteiger charge is 2.28. The van der Waals surface area contributed by atoms with Crippen molar-refractivity contribution < 1.29 is 9.59 Å². The number of nitrogens with one attached hydrogen (secondary N) is 1. The van der Waals surface area contributed by atoms with Gasteiger partial charge in [-0.25, -0.2) is 0 Å². The molecule has 140 valence electrons. The molecular weight excluding hydrogens is 334 g/mol. The van der Waals surface area contributed by atoms with Gasteiger partial charge in [-0.05, 0) is 38.7 Å². The smallest absolute Gasteiger partial charge is 0.275 e. The Morgan fingerprint density at radius 1 is 1.31 bits per heavy atom. The first kappa shape index (κ1) is 18.1. The molecule has 2 aromatic rings. The van der Waals surface area contributed by atoms with Crippen molar-refractivity contribution in [3.63, 3.8) is 0 Å². The maximum Gasteiger partial charge on any atom is 0.275 e. The van der Waals surface area contributed by atoms with Gasteiger partial charge in [-0.2, -0.15) is 5.10 Å². The number of likely N-dealkylation sites (tertiary alicyclic amines) is 1. The van der Waals surface area contributed by atoms with E-state index in [1.807, 2.05) is 11.8 Å². The predicted molar refractivity (Wildman–Crippen MR) is 94.7 cm³/mol. The van der Waals surface area contributed by atoms with Gasteiger partial charge in [0, 0.05) is 38.9 Å². The third-order valence-corrected chi connectivity index (χ3v) is 4.67. The van der Waals surface area contributed by atoms with Crippen molar-refractivity contribution in [2.45, 2.75) is 45.2 Å². The van der Waals surface area contributed by atoms with Crippen molar-refractivity contribution in [1.29, 1.82) is 0 Å². The van der Waals surface area contributed by atoms with E-state index >= 15 is 0 Å². The lowest BCUT2D eigenvalue weighted by Gasteiger charge is -2.35. The molecule has 1 aliphatic heterocycles. The molecule has 0 spiro atoms. The monoisotopic (exact) mass is 359 g/mol. The fourth-order valence-electron chi connectivity index (χ4n) is 3.26. The van der Waals surface area contributed by atoms with Crippen LogP contribution in [-0.4, -0.2) is 73.5 Å². The third kappa shape index (κ3) is 3.92. The Morgan fingerprint density at radius 2 is 2.12 bits per heavy atom. The van der Waals surface area contributed by atoms with Crippen LogP contribution in [-0.2, 0) is 6.54 Å². The minimum Gasteiger partial charge on any atom is -0.343 e. The van der Waals surface area contributed by atoms with E-state index in [-0.39, 0.29) is 17.9 Å². The molecule has 3 rings (SSSR count). The van der Waals surface area contributed by atoms with Gasteiger partial charge >= 0.3 is 0 Å². The zero-order valence-electron chi connectivity index (χ0n) is 15.5. The molecule has 0 aliphatic carbocycles. The summed E-state index contributed by atoms with van der Waals surface area (Å²) >= 11 is 0. The number of rotatable bonds is 5. The first-order chi connectivity index (χ1) is 12.5. The second-order valence-electron chi connectivity index (χ2n) is 6.94. The average molecular weight is 359 g/mol. The maximum atomic E-state index is 12.8. The van der Waals surface area contributed by atoms with Crippen molar-refractivity contribution in [2.75, 3.05) is 20.6 Å². The molecule has 0 saturated carbocycles. The van der Waals surface area contributed by atoms with Gasteiger partial charge in [0.05, 0.1) is 6.20 Å². The molecule has 1 aliphatic rings. The molecule has 0 radical (unpaired) electrons. The molecule has 1 N–H and O–H groups in total. The van der Waals surface area contributed by atoms with E-state index in [4.69, 9.17) is 0 Å². The van der Waals surface area contributed by atoms with Crippen LogP contribution in [0.2, 0.25) is 0 Å². The van der Waals surface area contributed by atoms with Gasteiger partial charge < -0.3 is 9.80 Å². The van der Waals surface area contributed by atoms with Gasteiger partial charge in [0.25, 0.3) is 11.8 Å². The van der Waals surface area contributed by atoms with Crippen LogP contribution >= 0.6 is 0 Å².